The lowest BCUT2D eigenvalue weighted by molar-refractivity contribution is -0.141. The zero-order valence-corrected chi connectivity index (χ0v) is 14.9. The number of fused-ring (bicyclic) bond motifs is 1. The average Bonchev–Trinajstić information content (AvgIpc) is 3.18. The highest BCUT2D eigenvalue weighted by atomic mass is 16.5. The third-order valence-corrected chi connectivity index (χ3v) is 5.24. The van der Waals surface area contributed by atoms with Crippen molar-refractivity contribution in [1.82, 2.24) is 4.90 Å². The maximum Gasteiger partial charge on any atom is 0.225 e. The van der Waals surface area contributed by atoms with Gasteiger partial charge in [-0.3, -0.25) is 4.79 Å². The number of rotatable bonds is 3. The number of amides is 1. The van der Waals surface area contributed by atoms with Gasteiger partial charge in [-0.15, -0.1) is 0 Å². The molecular formula is C20H23N3O3. The molecule has 2 atom stereocenters. The molecule has 26 heavy (non-hydrogen) atoms. The van der Waals surface area contributed by atoms with Crippen molar-refractivity contribution in [3.63, 3.8) is 0 Å². The molecule has 2 heterocycles. The van der Waals surface area contributed by atoms with E-state index in [1.807, 2.05) is 50.2 Å². The predicted molar refractivity (Wildman–Crippen MR) is 99.4 cm³/mol. The molecular weight excluding hydrogens is 330 g/mol. The van der Waals surface area contributed by atoms with Gasteiger partial charge in [0.1, 0.15) is 12.0 Å². The molecule has 2 unspecified atom stereocenters. The molecule has 4 N–H and O–H groups in total. The van der Waals surface area contributed by atoms with Gasteiger partial charge in [-0.25, -0.2) is 0 Å². The Morgan fingerprint density at radius 3 is 2.62 bits per heavy atom. The molecule has 2 aromatic carbocycles. The summed E-state index contributed by atoms with van der Waals surface area (Å²) in [5.74, 6) is 0.727. The van der Waals surface area contributed by atoms with E-state index in [9.17, 15) is 9.90 Å². The highest BCUT2D eigenvalue weighted by Crippen LogP contribution is 2.40. The lowest BCUT2D eigenvalue weighted by atomic mass is 9.91. The van der Waals surface area contributed by atoms with Crippen LogP contribution in [0.3, 0.4) is 0 Å². The number of aliphatic hydroxyl groups excluding tert-OH is 1. The zero-order chi connectivity index (χ0) is 18.5. The first kappa shape index (κ1) is 16.7. The van der Waals surface area contributed by atoms with Crippen LogP contribution in [-0.4, -0.2) is 22.1 Å². The fraction of sp³-hybridized carbons (Fsp3) is 0.350. The van der Waals surface area contributed by atoms with Gasteiger partial charge in [0.15, 0.2) is 6.23 Å². The molecule has 0 radical (unpaired) electrons. The van der Waals surface area contributed by atoms with E-state index < -0.39 is 11.8 Å². The Kier molecular flexibility index (Phi) is 3.80. The molecule has 136 valence electrons. The van der Waals surface area contributed by atoms with Crippen molar-refractivity contribution < 1.29 is 14.6 Å². The van der Waals surface area contributed by atoms with Crippen molar-refractivity contribution in [1.29, 1.82) is 0 Å². The molecule has 2 aliphatic rings. The maximum absolute atomic E-state index is 12.2. The predicted octanol–water partition coefficient (Wildman–Crippen LogP) is 2.95. The Balaban J connectivity index is 1.55. The number of nitrogens with one attached hydrogen (secondary N) is 1. The Morgan fingerprint density at radius 1 is 1.23 bits per heavy atom. The van der Waals surface area contributed by atoms with Crippen LogP contribution in [0.2, 0.25) is 0 Å². The maximum atomic E-state index is 12.2. The Morgan fingerprint density at radius 2 is 1.96 bits per heavy atom. The van der Waals surface area contributed by atoms with E-state index in [1.54, 1.807) is 11.0 Å². The highest BCUT2D eigenvalue weighted by molar-refractivity contribution is 5.79. The second-order valence-corrected chi connectivity index (χ2v) is 7.36. The lowest BCUT2D eigenvalue weighted by Gasteiger charge is -2.38. The number of benzene rings is 2. The van der Waals surface area contributed by atoms with Crippen LogP contribution in [0.5, 0.6) is 5.75 Å². The number of hydrogen-bond acceptors (Lipinski definition) is 5. The number of carbonyl (C=O) groups excluding carboxylic acids is 1. The number of likely N-dealkylation sites (tertiary alicyclic amines) is 1. The number of aliphatic hydroxyl groups is 1. The van der Waals surface area contributed by atoms with E-state index in [1.165, 1.54) is 0 Å². The van der Waals surface area contributed by atoms with Gasteiger partial charge >= 0.3 is 0 Å². The topological polar surface area (TPSA) is 87.8 Å². The standard InChI is InChI=1S/C20H23N3O3/c1-20(2,23-17(24)9-10-18(23)25)13-5-3-12(4-6-13)19-22-15-8-7-14(21)11-16(15)26-19/h3-8,11,17,19,22,24H,9-10,21H2,1-2H3. The average molecular weight is 353 g/mol. The molecule has 0 bridgehead atoms. The Hall–Kier alpha value is -2.73. The first-order valence-corrected chi connectivity index (χ1v) is 8.79. The van der Waals surface area contributed by atoms with Crippen molar-refractivity contribution >= 4 is 17.3 Å². The number of nitrogens with two attached hydrogens (primary N) is 1. The van der Waals surface area contributed by atoms with Crippen molar-refractivity contribution in [2.75, 3.05) is 11.1 Å². The van der Waals surface area contributed by atoms with E-state index in [4.69, 9.17) is 10.5 Å². The minimum atomic E-state index is -0.725. The molecule has 6 nitrogen and oxygen atoms in total. The van der Waals surface area contributed by atoms with Gasteiger partial charge in [0.2, 0.25) is 5.91 Å². The first-order valence-electron chi connectivity index (χ1n) is 8.79. The van der Waals surface area contributed by atoms with Crippen LogP contribution in [0.4, 0.5) is 11.4 Å². The lowest BCUT2D eigenvalue weighted by Crippen LogP contribution is -2.47. The monoisotopic (exact) mass is 353 g/mol. The summed E-state index contributed by atoms with van der Waals surface area (Å²) >= 11 is 0. The Labute approximate surface area is 152 Å². The van der Waals surface area contributed by atoms with Crippen molar-refractivity contribution in [2.24, 2.45) is 0 Å². The quantitative estimate of drug-likeness (QED) is 0.739. The van der Waals surface area contributed by atoms with Crippen LogP contribution in [0.15, 0.2) is 42.5 Å². The highest BCUT2D eigenvalue weighted by Gasteiger charge is 2.41. The molecule has 0 saturated carbocycles. The van der Waals surface area contributed by atoms with Gasteiger partial charge in [0.05, 0.1) is 11.2 Å². The minimum absolute atomic E-state index is 0.0135. The number of hydrogen-bond donors (Lipinski definition) is 3. The van der Waals surface area contributed by atoms with Crippen LogP contribution in [0, 0.1) is 0 Å². The van der Waals surface area contributed by atoms with Crippen molar-refractivity contribution in [3.8, 4) is 5.75 Å². The summed E-state index contributed by atoms with van der Waals surface area (Å²) in [7, 11) is 0. The molecule has 0 spiro atoms. The number of nitrogens with zero attached hydrogens (tertiary/aromatic N) is 1. The zero-order valence-electron chi connectivity index (χ0n) is 14.9. The fourth-order valence-corrected chi connectivity index (χ4v) is 3.76. The molecule has 6 heteroatoms. The van der Waals surface area contributed by atoms with Crippen LogP contribution in [0.1, 0.15) is 44.0 Å². The summed E-state index contributed by atoms with van der Waals surface area (Å²) in [6.07, 6.45) is -0.120. The summed E-state index contributed by atoms with van der Waals surface area (Å²) in [5, 5.41) is 13.5. The smallest absolute Gasteiger partial charge is 0.225 e. The number of carbonyl (C=O) groups is 1. The van der Waals surface area contributed by atoms with Crippen LogP contribution < -0.4 is 15.8 Å². The van der Waals surface area contributed by atoms with Crippen molar-refractivity contribution in [3.05, 3.63) is 53.6 Å². The Bertz CT molecular complexity index is 848. The van der Waals surface area contributed by atoms with Gasteiger partial charge in [-0.1, -0.05) is 24.3 Å². The van der Waals surface area contributed by atoms with E-state index in [0.717, 1.165) is 22.6 Å². The molecule has 2 aromatic rings. The number of nitrogen functional groups attached to an aromatic ring is 1. The molecule has 0 aromatic heterocycles. The van der Waals surface area contributed by atoms with Gasteiger partial charge in [-0.2, -0.15) is 0 Å². The van der Waals surface area contributed by atoms with E-state index >= 15 is 0 Å². The normalized spacial score (nSPS) is 22.1. The summed E-state index contributed by atoms with van der Waals surface area (Å²) in [6.45, 7) is 3.91. The number of anilines is 2. The second-order valence-electron chi connectivity index (χ2n) is 7.36. The minimum Gasteiger partial charge on any atom is -0.464 e. The number of ether oxygens (including phenoxy) is 1. The first-order chi connectivity index (χ1) is 12.4. The molecule has 4 rings (SSSR count). The summed E-state index contributed by atoms with van der Waals surface area (Å²) in [6, 6.07) is 13.5. The molecule has 1 fully saturated rings. The second kappa shape index (κ2) is 5.92. The van der Waals surface area contributed by atoms with Gasteiger partial charge in [0, 0.05) is 30.2 Å². The van der Waals surface area contributed by atoms with E-state index in [2.05, 4.69) is 5.32 Å². The van der Waals surface area contributed by atoms with E-state index in [-0.39, 0.29) is 12.1 Å². The van der Waals surface area contributed by atoms with Gasteiger partial charge < -0.3 is 25.8 Å². The van der Waals surface area contributed by atoms with Crippen LogP contribution in [-0.2, 0) is 10.3 Å². The van der Waals surface area contributed by atoms with Gasteiger partial charge in [0.25, 0.3) is 0 Å². The van der Waals surface area contributed by atoms with Crippen molar-refractivity contribution in [2.45, 2.75) is 44.7 Å². The van der Waals surface area contributed by atoms with E-state index in [0.29, 0.717) is 18.5 Å². The fourth-order valence-electron chi connectivity index (χ4n) is 3.76. The summed E-state index contributed by atoms with van der Waals surface area (Å²) in [5.41, 5.74) is 8.76. The van der Waals surface area contributed by atoms with Crippen LogP contribution >= 0.6 is 0 Å². The molecule has 1 amide bonds. The molecule has 1 saturated heterocycles. The summed E-state index contributed by atoms with van der Waals surface area (Å²) in [4.78, 5) is 13.7. The summed E-state index contributed by atoms with van der Waals surface area (Å²) < 4.78 is 5.94. The van der Waals surface area contributed by atoms with Gasteiger partial charge in [-0.05, 0) is 31.5 Å². The molecule has 0 aliphatic carbocycles. The molecule has 2 aliphatic heterocycles. The largest absolute Gasteiger partial charge is 0.464 e. The third kappa shape index (κ3) is 2.66. The third-order valence-electron chi connectivity index (χ3n) is 5.24. The SMILES string of the molecule is CC(C)(c1ccc(C2Nc3ccc(N)cc3O2)cc1)N1C(=O)CCC1O. The van der Waals surface area contributed by atoms with Crippen LogP contribution in [0.25, 0.3) is 0 Å².